The summed E-state index contributed by atoms with van der Waals surface area (Å²) < 4.78 is 0. The first-order valence-electron chi connectivity index (χ1n) is 7.13. The average Bonchev–Trinajstić information content (AvgIpc) is 2.36. The summed E-state index contributed by atoms with van der Waals surface area (Å²) in [6.45, 7) is 8.22. The van der Waals surface area contributed by atoms with Crippen molar-refractivity contribution in [3.05, 3.63) is 42.1 Å². The monoisotopic (exact) mass is 290 g/mol. The Labute approximate surface area is 126 Å². The van der Waals surface area contributed by atoms with Gasteiger partial charge in [-0.3, -0.25) is 4.98 Å². The summed E-state index contributed by atoms with van der Waals surface area (Å²) in [7, 11) is 0. The van der Waals surface area contributed by atoms with Crippen LogP contribution in [0.25, 0.3) is 10.9 Å². The minimum Gasteiger partial charge on any atom is -0.310 e. The first-order chi connectivity index (χ1) is 9.44. The third kappa shape index (κ3) is 4.77. The van der Waals surface area contributed by atoms with Crippen LogP contribution < -0.4 is 5.32 Å². The molecule has 2 aromatic rings. The van der Waals surface area contributed by atoms with E-state index in [-0.39, 0.29) is 10.8 Å². The summed E-state index contributed by atoms with van der Waals surface area (Å²) in [6, 6.07) is 12.4. The fourth-order valence-electron chi connectivity index (χ4n) is 2.30. The molecule has 0 amide bonds. The number of hydrogen-bond acceptors (Lipinski definition) is 2. The highest BCUT2D eigenvalue weighted by atomic mass is 35.5. The second-order valence-electron chi connectivity index (χ2n) is 6.49. The fraction of sp³-hybridized carbons (Fsp3) is 0.471. The summed E-state index contributed by atoms with van der Waals surface area (Å²) >= 11 is 6.34. The van der Waals surface area contributed by atoms with E-state index in [1.165, 1.54) is 5.39 Å². The number of benzene rings is 1. The van der Waals surface area contributed by atoms with Crippen LogP contribution in [0.15, 0.2) is 36.4 Å². The van der Waals surface area contributed by atoms with Crippen LogP contribution >= 0.6 is 11.6 Å². The summed E-state index contributed by atoms with van der Waals surface area (Å²) in [6.07, 6.45) is 1.01. The van der Waals surface area contributed by atoms with Crippen LogP contribution in [0, 0.1) is 5.41 Å². The number of fused-ring (bicyclic) bond motifs is 1. The van der Waals surface area contributed by atoms with Crippen molar-refractivity contribution in [1.82, 2.24) is 10.3 Å². The van der Waals surface area contributed by atoms with Gasteiger partial charge in [0, 0.05) is 23.9 Å². The quantitative estimate of drug-likeness (QED) is 0.827. The van der Waals surface area contributed by atoms with Crippen LogP contribution in [0.5, 0.6) is 0 Å². The molecule has 0 radical (unpaired) electrons. The normalized spacial score (nSPS) is 13.6. The van der Waals surface area contributed by atoms with Gasteiger partial charge >= 0.3 is 0 Å². The lowest BCUT2D eigenvalue weighted by molar-refractivity contribution is 0.364. The predicted octanol–water partition coefficient (Wildman–Crippen LogP) is 4.37. The summed E-state index contributed by atoms with van der Waals surface area (Å²) in [5.41, 5.74) is 2.38. The van der Waals surface area contributed by atoms with E-state index in [4.69, 9.17) is 11.6 Å². The molecule has 1 atom stereocenters. The third-order valence-electron chi connectivity index (χ3n) is 3.16. The molecule has 1 heterocycles. The molecular weight excluding hydrogens is 268 g/mol. The van der Waals surface area contributed by atoms with Gasteiger partial charge in [0.1, 0.15) is 0 Å². The molecule has 0 aliphatic carbocycles. The largest absolute Gasteiger partial charge is 0.310 e. The number of nitrogens with zero attached hydrogens (tertiary/aromatic N) is 1. The molecule has 0 spiro atoms. The smallest absolute Gasteiger partial charge is 0.0705 e. The van der Waals surface area contributed by atoms with E-state index in [1.807, 2.05) is 18.2 Å². The Morgan fingerprint density at radius 2 is 1.90 bits per heavy atom. The summed E-state index contributed by atoms with van der Waals surface area (Å²) in [5.74, 6) is 0. The minimum atomic E-state index is 0.162. The van der Waals surface area contributed by atoms with Crippen LogP contribution in [0.4, 0.5) is 0 Å². The second kappa shape index (κ2) is 6.55. The highest BCUT2D eigenvalue weighted by Gasteiger charge is 2.16. The van der Waals surface area contributed by atoms with Crippen molar-refractivity contribution in [3.8, 4) is 0 Å². The van der Waals surface area contributed by atoms with Crippen LogP contribution in [0.3, 0.4) is 0 Å². The predicted molar refractivity (Wildman–Crippen MR) is 87.2 cm³/mol. The minimum absolute atomic E-state index is 0.162. The molecule has 1 unspecified atom stereocenters. The molecule has 0 bridgehead atoms. The Morgan fingerprint density at radius 1 is 1.15 bits per heavy atom. The van der Waals surface area contributed by atoms with E-state index in [1.54, 1.807) is 0 Å². The second-order valence-corrected chi connectivity index (χ2v) is 7.11. The third-order valence-corrected chi connectivity index (χ3v) is 3.47. The maximum Gasteiger partial charge on any atom is 0.0705 e. The number of para-hydroxylation sites is 1. The number of alkyl halides is 1. The van der Waals surface area contributed by atoms with Crippen LogP contribution in [0.2, 0.25) is 0 Å². The highest BCUT2D eigenvalue weighted by molar-refractivity contribution is 6.20. The number of pyridine rings is 1. The molecule has 3 heteroatoms. The SMILES string of the molecule is CC(C)(C)CC(Cl)CNCc1ccc2ccccc2n1. The van der Waals surface area contributed by atoms with Gasteiger partial charge in [0.05, 0.1) is 11.2 Å². The van der Waals surface area contributed by atoms with Crippen molar-refractivity contribution in [1.29, 1.82) is 0 Å². The number of rotatable bonds is 5. The lowest BCUT2D eigenvalue weighted by atomic mass is 9.90. The molecule has 108 valence electrons. The zero-order valence-electron chi connectivity index (χ0n) is 12.5. The lowest BCUT2D eigenvalue weighted by Gasteiger charge is -2.22. The lowest BCUT2D eigenvalue weighted by Crippen LogP contribution is -2.26. The van der Waals surface area contributed by atoms with E-state index in [0.29, 0.717) is 0 Å². The van der Waals surface area contributed by atoms with Crippen molar-refractivity contribution >= 4 is 22.5 Å². The standard InChI is InChI=1S/C17H23ClN2/c1-17(2,3)10-14(18)11-19-12-15-9-8-13-6-4-5-7-16(13)20-15/h4-9,14,19H,10-12H2,1-3H3. The number of hydrogen-bond donors (Lipinski definition) is 1. The molecule has 0 fully saturated rings. The molecule has 2 rings (SSSR count). The van der Waals surface area contributed by atoms with E-state index >= 15 is 0 Å². The van der Waals surface area contributed by atoms with E-state index in [0.717, 1.165) is 30.7 Å². The van der Waals surface area contributed by atoms with Crippen molar-refractivity contribution in [2.45, 2.75) is 39.1 Å². The van der Waals surface area contributed by atoms with Gasteiger partial charge in [-0.1, -0.05) is 45.0 Å². The summed E-state index contributed by atoms with van der Waals surface area (Å²) in [4.78, 5) is 4.64. The van der Waals surface area contributed by atoms with Crippen LogP contribution in [0.1, 0.15) is 32.9 Å². The van der Waals surface area contributed by atoms with E-state index in [9.17, 15) is 0 Å². The first kappa shape index (κ1) is 15.3. The Kier molecular flexibility index (Phi) is 5.00. The van der Waals surface area contributed by atoms with Gasteiger partial charge < -0.3 is 5.32 Å². The molecular formula is C17H23ClN2. The number of aromatic nitrogens is 1. The van der Waals surface area contributed by atoms with Gasteiger partial charge in [0.15, 0.2) is 0 Å². The molecule has 20 heavy (non-hydrogen) atoms. The van der Waals surface area contributed by atoms with Gasteiger partial charge in [-0.15, -0.1) is 11.6 Å². The Bertz CT molecular complexity index is 560. The zero-order valence-corrected chi connectivity index (χ0v) is 13.2. The van der Waals surface area contributed by atoms with Crippen molar-refractivity contribution in [2.24, 2.45) is 5.41 Å². The Balaban J connectivity index is 1.86. The van der Waals surface area contributed by atoms with E-state index < -0.39 is 0 Å². The van der Waals surface area contributed by atoms with Gasteiger partial charge in [-0.05, 0) is 24.0 Å². The van der Waals surface area contributed by atoms with Gasteiger partial charge in [-0.2, -0.15) is 0 Å². The van der Waals surface area contributed by atoms with Crippen LogP contribution in [-0.4, -0.2) is 16.9 Å². The maximum absolute atomic E-state index is 6.34. The average molecular weight is 291 g/mol. The highest BCUT2D eigenvalue weighted by Crippen LogP contribution is 2.23. The molecule has 1 aromatic heterocycles. The molecule has 0 saturated carbocycles. The fourth-order valence-corrected chi connectivity index (χ4v) is 2.87. The Hall–Kier alpha value is -1.12. The molecule has 2 nitrogen and oxygen atoms in total. The van der Waals surface area contributed by atoms with Gasteiger partial charge in [0.25, 0.3) is 0 Å². The molecule has 1 N–H and O–H groups in total. The molecule has 0 aliphatic rings. The summed E-state index contributed by atoms with van der Waals surface area (Å²) in [5, 5.41) is 4.74. The van der Waals surface area contributed by atoms with E-state index in [2.05, 4.69) is 49.3 Å². The Morgan fingerprint density at radius 3 is 2.65 bits per heavy atom. The molecule has 1 aromatic carbocycles. The topological polar surface area (TPSA) is 24.9 Å². The van der Waals surface area contributed by atoms with Crippen LogP contribution in [-0.2, 0) is 6.54 Å². The van der Waals surface area contributed by atoms with Crippen molar-refractivity contribution in [3.63, 3.8) is 0 Å². The van der Waals surface area contributed by atoms with Crippen molar-refractivity contribution in [2.75, 3.05) is 6.54 Å². The van der Waals surface area contributed by atoms with Gasteiger partial charge in [-0.25, -0.2) is 0 Å². The number of nitrogens with one attached hydrogen (secondary N) is 1. The molecule has 0 aliphatic heterocycles. The van der Waals surface area contributed by atoms with Crippen molar-refractivity contribution < 1.29 is 0 Å². The first-order valence-corrected chi connectivity index (χ1v) is 7.57. The molecule has 0 saturated heterocycles. The maximum atomic E-state index is 6.34. The number of halogens is 1. The zero-order chi connectivity index (χ0) is 14.6. The van der Waals surface area contributed by atoms with Gasteiger partial charge in [0.2, 0.25) is 0 Å².